The molecule has 0 saturated heterocycles. The minimum atomic E-state index is -0.950. The van der Waals surface area contributed by atoms with Gasteiger partial charge in [0.15, 0.2) is 28.3 Å². The monoisotopic (exact) mass is 395 g/mol. The van der Waals surface area contributed by atoms with E-state index in [4.69, 9.17) is 0 Å². The first-order valence-electron chi connectivity index (χ1n) is 7.86. The van der Waals surface area contributed by atoms with Gasteiger partial charge in [0, 0.05) is 17.4 Å². The van der Waals surface area contributed by atoms with E-state index in [-0.39, 0.29) is 40.1 Å². The molecule has 1 atom stereocenters. The second-order valence-corrected chi connectivity index (χ2v) is 6.66. The molecule has 3 aromatic rings. The summed E-state index contributed by atoms with van der Waals surface area (Å²) >= 11 is 1.02. The highest BCUT2D eigenvalue weighted by atomic mass is 32.2. The zero-order valence-electron chi connectivity index (χ0n) is 14.0. The number of rotatable bonds is 6. The molecule has 0 bridgehead atoms. The topological polar surface area (TPSA) is 124 Å². The molecule has 0 spiro atoms. The molecule has 4 N–H and O–H groups in total. The number of fused-ring (bicyclic) bond motifs is 1. The maximum atomic E-state index is 13.8. The fraction of sp³-hybridized carbons (Fsp3) is 0.250. The normalized spacial score (nSPS) is 12.3. The van der Waals surface area contributed by atoms with Crippen molar-refractivity contribution < 1.29 is 13.9 Å². The highest BCUT2D eigenvalue weighted by Gasteiger charge is 2.14. The smallest absolute Gasteiger partial charge is 0.315 e. The lowest BCUT2D eigenvalue weighted by Crippen LogP contribution is -2.30. The molecule has 2 aromatic heterocycles. The fourth-order valence-electron chi connectivity index (χ4n) is 2.23. The summed E-state index contributed by atoms with van der Waals surface area (Å²) in [7, 11) is 0. The summed E-state index contributed by atoms with van der Waals surface area (Å²) in [5.41, 5.74) is -1.37. The minimum absolute atomic E-state index is 0.0533. The molecule has 2 heterocycles. The molecule has 0 aliphatic carbocycles. The van der Waals surface area contributed by atoms with Crippen molar-refractivity contribution in [3.8, 4) is 0 Å². The Balaban J connectivity index is 1.99. The summed E-state index contributed by atoms with van der Waals surface area (Å²) in [6, 6.07) is 3.47. The van der Waals surface area contributed by atoms with Crippen molar-refractivity contribution in [2.24, 2.45) is 0 Å². The van der Waals surface area contributed by atoms with Crippen molar-refractivity contribution in [2.75, 3.05) is 11.9 Å². The van der Waals surface area contributed by atoms with Gasteiger partial charge >= 0.3 is 11.1 Å². The molecule has 3 rings (SSSR count). The number of benzene rings is 1. The third-order valence-electron chi connectivity index (χ3n) is 3.61. The van der Waals surface area contributed by atoms with E-state index in [0.29, 0.717) is 0 Å². The van der Waals surface area contributed by atoms with Gasteiger partial charge in [-0.05, 0) is 13.0 Å². The Hall–Kier alpha value is -2.79. The summed E-state index contributed by atoms with van der Waals surface area (Å²) in [5, 5.41) is 12.3. The van der Waals surface area contributed by atoms with Crippen LogP contribution in [-0.2, 0) is 5.75 Å². The Morgan fingerprint density at radius 3 is 2.70 bits per heavy atom. The molecular weight excluding hydrogens is 380 g/mol. The number of nitrogens with one attached hydrogen (secondary N) is 3. The van der Waals surface area contributed by atoms with E-state index >= 15 is 0 Å². The Bertz CT molecular complexity index is 1100. The van der Waals surface area contributed by atoms with Gasteiger partial charge < -0.3 is 20.4 Å². The number of aliphatic hydroxyl groups is 1. The Morgan fingerprint density at radius 2 is 1.96 bits per heavy atom. The Morgan fingerprint density at radius 1 is 1.22 bits per heavy atom. The Kier molecular flexibility index (Phi) is 5.51. The molecule has 0 aliphatic heterocycles. The van der Waals surface area contributed by atoms with Crippen LogP contribution < -0.4 is 16.4 Å². The standard InChI is InChI=1S/C16H15F2N5O3S/c1-7(5-24)19-12-11-13(21-15(26)14(25)20-11)23-16(22-12)27-6-8-3-2-4-9(17)10(8)18/h2-4,7,24H,5-6H2,1H3,(H,20,25)(H2,19,21,22,23,26)/t7-/m1/s1. The van der Waals surface area contributed by atoms with Crippen LogP contribution in [0, 0.1) is 11.6 Å². The molecule has 0 saturated carbocycles. The summed E-state index contributed by atoms with van der Waals surface area (Å²) < 4.78 is 27.1. The number of halogens is 2. The van der Waals surface area contributed by atoms with Crippen LogP contribution in [0.2, 0.25) is 0 Å². The number of hydrogen-bond acceptors (Lipinski definition) is 7. The summed E-state index contributed by atoms with van der Waals surface area (Å²) in [5.74, 6) is -1.65. The molecule has 142 valence electrons. The lowest BCUT2D eigenvalue weighted by Gasteiger charge is -2.14. The van der Waals surface area contributed by atoms with E-state index in [9.17, 15) is 23.5 Å². The zero-order chi connectivity index (χ0) is 19.6. The van der Waals surface area contributed by atoms with Gasteiger partial charge in [0.25, 0.3) is 0 Å². The van der Waals surface area contributed by atoms with Crippen LogP contribution in [0.15, 0.2) is 32.9 Å². The number of aromatic nitrogens is 4. The first kappa shape index (κ1) is 19.0. The average Bonchev–Trinajstić information content (AvgIpc) is 2.64. The third kappa shape index (κ3) is 4.14. The van der Waals surface area contributed by atoms with Crippen LogP contribution in [0.3, 0.4) is 0 Å². The third-order valence-corrected chi connectivity index (χ3v) is 4.51. The van der Waals surface area contributed by atoms with Gasteiger partial charge in [-0.2, -0.15) is 0 Å². The summed E-state index contributed by atoms with van der Waals surface area (Å²) in [4.78, 5) is 36.3. The lowest BCUT2D eigenvalue weighted by molar-refractivity contribution is 0.281. The lowest BCUT2D eigenvalue weighted by atomic mass is 10.2. The SMILES string of the molecule is C[C@H](CO)Nc1nc(SCc2cccc(F)c2F)nc2[nH]c(=O)c(=O)[nH]c12. The zero-order valence-corrected chi connectivity index (χ0v) is 14.9. The number of hydrogen-bond donors (Lipinski definition) is 4. The van der Waals surface area contributed by atoms with E-state index in [2.05, 4.69) is 25.3 Å². The van der Waals surface area contributed by atoms with Crippen LogP contribution in [0.4, 0.5) is 14.6 Å². The van der Waals surface area contributed by atoms with Crippen LogP contribution >= 0.6 is 11.8 Å². The quantitative estimate of drug-likeness (QED) is 0.282. The van der Waals surface area contributed by atoms with Crippen LogP contribution in [0.5, 0.6) is 0 Å². The molecule has 0 radical (unpaired) electrons. The molecule has 11 heteroatoms. The van der Waals surface area contributed by atoms with Gasteiger partial charge in [-0.25, -0.2) is 18.7 Å². The van der Waals surface area contributed by atoms with Crippen molar-refractivity contribution in [3.05, 3.63) is 56.1 Å². The minimum Gasteiger partial charge on any atom is -0.394 e. The Labute approximate surface area is 155 Å². The largest absolute Gasteiger partial charge is 0.394 e. The molecule has 0 aliphatic rings. The van der Waals surface area contributed by atoms with E-state index in [1.807, 2.05) is 0 Å². The molecule has 0 amide bonds. The highest BCUT2D eigenvalue weighted by molar-refractivity contribution is 7.98. The van der Waals surface area contributed by atoms with Crippen molar-refractivity contribution >= 4 is 28.7 Å². The highest BCUT2D eigenvalue weighted by Crippen LogP contribution is 2.25. The average molecular weight is 395 g/mol. The molecule has 27 heavy (non-hydrogen) atoms. The fourth-order valence-corrected chi connectivity index (χ4v) is 3.05. The first-order chi connectivity index (χ1) is 12.9. The predicted molar refractivity (Wildman–Crippen MR) is 96.9 cm³/mol. The number of H-pyrrole nitrogens is 2. The van der Waals surface area contributed by atoms with Gasteiger partial charge in [-0.1, -0.05) is 23.9 Å². The first-order valence-corrected chi connectivity index (χ1v) is 8.85. The molecular formula is C16H15F2N5O3S. The summed E-state index contributed by atoms with van der Waals surface area (Å²) in [6.07, 6.45) is 0. The number of aromatic amines is 2. The van der Waals surface area contributed by atoms with Gasteiger partial charge in [0.05, 0.1) is 6.61 Å². The van der Waals surface area contributed by atoms with E-state index in [1.165, 1.54) is 12.1 Å². The maximum absolute atomic E-state index is 13.8. The number of anilines is 1. The van der Waals surface area contributed by atoms with Gasteiger partial charge in [0.1, 0.15) is 5.52 Å². The van der Waals surface area contributed by atoms with Gasteiger partial charge in [-0.15, -0.1) is 0 Å². The molecule has 1 aromatic carbocycles. The summed E-state index contributed by atoms with van der Waals surface area (Å²) in [6.45, 7) is 1.49. The number of nitrogens with zero attached hydrogens (tertiary/aromatic N) is 2. The maximum Gasteiger partial charge on any atom is 0.315 e. The van der Waals surface area contributed by atoms with Crippen molar-refractivity contribution in [1.29, 1.82) is 0 Å². The second-order valence-electron chi connectivity index (χ2n) is 5.72. The van der Waals surface area contributed by atoms with Crippen molar-refractivity contribution in [2.45, 2.75) is 23.9 Å². The van der Waals surface area contributed by atoms with Crippen molar-refractivity contribution in [3.63, 3.8) is 0 Å². The van der Waals surface area contributed by atoms with Gasteiger partial charge in [-0.3, -0.25) is 9.59 Å². The van der Waals surface area contributed by atoms with Crippen LogP contribution in [-0.4, -0.2) is 37.7 Å². The predicted octanol–water partition coefficient (Wildman–Crippen LogP) is 1.37. The second kappa shape index (κ2) is 7.84. The molecule has 0 unspecified atom stereocenters. The van der Waals surface area contributed by atoms with E-state index in [0.717, 1.165) is 17.8 Å². The number of aliphatic hydroxyl groups excluding tert-OH is 1. The van der Waals surface area contributed by atoms with Crippen LogP contribution in [0.25, 0.3) is 11.2 Å². The van der Waals surface area contributed by atoms with E-state index < -0.39 is 28.8 Å². The molecule has 0 fully saturated rings. The van der Waals surface area contributed by atoms with Crippen molar-refractivity contribution in [1.82, 2.24) is 19.9 Å². The molecule has 8 nitrogen and oxygen atoms in total. The van der Waals surface area contributed by atoms with Gasteiger partial charge in [0.2, 0.25) is 0 Å². The number of thioether (sulfide) groups is 1. The van der Waals surface area contributed by atoms with E-state index in [1.54, 1.807) is 6.92 Å². The van der Waals surface area contributed by atoms with Crippen LogP contribution in [0.1, 0.15) is 12.5 Å².